The number of ketones is 1. The Morgan fingerprint density at radius 2 is 2.08 bits per heavy atom. The van der Waals surface area contributed by atoms with Crippen LogP contribution in [0.4, 0.5) is 0 Å². The van der Waals surface area contributed by atoms with Crippen LogP contribution in [0.2, 0.25) is 0 Å². The molecule has 66 valence electrons. The van der Waals surface area contributed by atoms with Gasteiger partial charge in [0.25, 0.3) is 0 Å². The van der Waals surface area contributed by atoms with Crippen molar-refractivity contribution in [1.29, 1.82) is 5.26 Å². The molecule has 1 heterocycles. The number of carbonyl (C=O) groups is 1. The van der Waals surface area contributed by atoms with Crippen LogP contribution in [0.5, 0.6) is 0 Å². The molecular formula is C9H9N3O. The molecule has 13 heavy (non-hydrogen) atoms. The quantitative estimate of drug-likeness (QED) is 0.632. The predicted octanol–water partition coefficient (Wildman–Crippen LogP) is 1.13. The Morgan fingerprint density at radius 3 is 2.54 bits per heavy atom. The highest BCUT2D eigenvalue weighted by Gasteiger charge is 2.14. The number of Topliss-reactive ketones (excluding diaryl/α,β-unsaturated/α-hetero) is 1. The molecule has 0 fully saturated rings. The summed E-state index contributed by atoms with van der Waals surface area (Å²) in [6.45, 7) is 3.30. The molecule has 0 aliphatic rings. The molecule has 0 radical (unpaired) electrons. The maximum Gasteiger partial charge on any atom is 0.182 e. The molecule has 0 bridgehead atoms. The van der Waals surface area contributed by atoms with Crippen LogP contribution in [0.1, 0.15) is 23.1 Å². The van der Waals surface area contributed by atoms with Gasteiger partial charge in [-0.2, -0.15) is 5.26 Å². The second-order valence-electron chi connectivity index (χ2n) is 2.73. The number of hydrogen-bond acceptors (Lipinski definition) is 4. The lowest BCUT2D eigenvalue weighted by atomic mass is 10.0. The van der Waals surface area contributed by atoms with Gasteiger partial charge in [0.2, 0.25) is 0 Å². The minimum absolute atomic E-state index is 0.234. The van der Waals surface area contributed by atoms with Crippen LogP contribution in [-0.4, -0.2) is 15.8 Å². The Kier molecular flexibility index (Phi) is 2.70. The molecule has 0 amide bonds. The van der Waals surface area contributed by atoms with Crippen molar-refractivity contribution in [2.45, 2.75) is 13.8 Å². The van der Waals surface area contributed by atoms with Gasteiger partial charge in [-0.05, 0) is 13.8 Å². The summed E-state index contributed by atoms with van der Waals surface area (Å²) in [6, 6.07) is 1.87. The number of carbonyl (C=O) groups excluding carboxylic acids is 1. The summed E-state index contributed by atoms with van der Waals surface area (Å²) in [5.41, 5.74) is 0.389. The average molecular weight is 175 g/mol. The summed E-state index contributed by atoms with van der Waals surface area (Å²) in [5.74, 6) is -0.255. The van der Waals surface area contributed by atoms with Gasteiger partial charge in [-0.3, -0.25) is 4.79 Å². The molecule has 0 aliphatic carbocycles. The SMILES string of the molecule is Cc1ncc(C(=O)C(C)C#N)cn1. The van der Waals surface area contributed by atoms with Crippen molar-refractivity contribution in [2.75, 3.05) is 0 Å². The van der Waals surface area contributed by atoms with Crippen molar-refractivity contribution in [3.8, 4) is 6.07 Å². The number of rotatable bonds is 2. The highest BCUT2D eigenvalue weighted by atomic mass is 16.1. The molecule has 1 unspecified atom stereocenters. The molecular weight excluding hydrogens is 166 g/mol. The third-order valence-corrected chi connectivity index (χ3v) is 1.65. The topological polar surface area (TPSA) is 66.6 Å². The lowest BCUT2D eigenvalue weighted by Gasteiger charge is -2.00. The maximum atomic E-state index is 11.4. The van der Waals surface area contributed by atoms with E-state index < -0.39 is 5.92 Å². The van der Waals surface area contributed by atoms with E-state index in [1.165, 1.54) is 12.4 Å². The standard InChI is InChI=1S/C9H9N3O/c1-6(3-10)9(13)8-4-11-7(2)12-5-8/h4-6H,1-2H3. The average Bonchev–Trinajstić information content (AvgIpc) is 2.17. The highest BCUT2D eigenvalue weighted by Crippen LogP contribution is 2.05. The zero-order valence-electron chi connectivity index (χ0n) is 7.48. The Balaban J connectivity index is 2.91. The van der Waals surface area contributed by atoms with E-state index in [4.69, 9.17) is 5.26 Å². The summed E-state index contributed by atoms with van der Waals surface area (Å²) in [7, 11) is 0. The Morgan fingerprint density at radius 1 is 1.54 bits per heavy atom. The van der Waals surface area contributed by atoms with Crippen LogP contribution in [-0.2, 0) is 0 Å². The molecule has 0 N–H and O–H groups in total. The molecule has 4 heteroatoms. The number of hydrogen-bond donors (Lipinski definition) is 0. The smallest absolute Gasteiger partial charge is 0.182 e. The zero-order chi connectivity index (χ0) is 9.84. The second kappa shape index (κ2) is 3.76. The summed E-state index contributed by atoms with van der Waals surface area (Å²) in [5, 5.41) is 8.51. The molecule has 0 saturated heterocycles. The van der Waals surface area contributed by atoms with Crippen molar-refractivity contribution < 1.29 is 4.79 Å². The first-order chi connectivity index (χ1) is 6.15. The lowest BCUT2D eigenvalue weighted by molar-refractivity contribution is 0.0956. The van der Waals surface area contributed by atoms with E-state index in [1.807, 2.05) is 6.07 Å². The highest BCUT2D eigenvalue weighted by molar-refractivity contribution is 5.98. The minimum Gasteiger partial charge on any atom is -0.293 e. The number of nitriles is 1. The fourth-order valence-electron chi connectivity index (χ4n) is 0.828. The van der Waals surface area contributed by atoms with Gasteiger partial charge in [0.05, 0.1) is 11.6 Å². The van der Waals surface area contributed by atoms with Crippen LogP contribution < -0.4 is 0 Å². The van der Waals surface area contributed by atoms with Gasteiger partial charge in [0.15, 0.2) is 5.78 Å². The Hall–Kier alpha value is -1.76. The number of nitrogens with zero attached hydrogens (tertiary/aromatic N) is 3. The molecule has 0 aromatic carbocycles. The number of aryl methyl sites for hydroxylation is 1. The largest absolute Gasteiger partial charge is 0.293 e. The normalized spacial score (nSPS) is 11.8. The lowest BCUT2D eigenvalue weighted by Crippen LogP contribution is -2.10. The second-order valence-corrected chi connectivity index (χ2v) is 2.73. The van der Waals surface area contributed by atoms with Gasteiger partial charge in [-0.25, -0.2) is 9.97 Å². The molecule has 0 saturated carbocycles. The van der Waals surface area contributed by atoms with Gasteiger partial charge >= 0.3 is 0 Å². The van der Waals surface area contributed by atoms with Crippen molar-refractivity contribution in [2.24, 2.45) is 5.92 Å². The Labute approximate surface area is 76.2 Å². The fourth-order valence-corrected chi connectivity index (χ4v) is 0.828. The molecule has 1 rings (SSSR count). The summed E-state index contributed by atoms with van der Waals surface area (Å²) < 4.78 is 0. The molecule has 0 spiro atoms. The van der Waals surface area contributed by atoms with Crippen molar-refractivity contribution in [1.82, 2.24) is 9.97 Å². The van der Waals surface area contributed by atoms with Gasteiger partial charge < -0.3 is 0 Å². The van der Waals surface area contributed by atoms with E-state index in [-0.39, 0.29) is 5.78 Å². The summed E-state index contributed by atoms with van der Waals surface area (Å²) in [4.78, 5) is 19.1. The van der Waals surface area contributed by atoms with Crippen LogP contribution in [0.15, 0.2) is 12.4 Å². The maximum absolute atomic E-state index is 11.4. The number of aromatic nitrogens is 2. The zero-order valence-corrected chi connectivity index (χ0v) is 7.48. The third kappa shape index (κ3) is 2.09. The van der Waals surface area contributed by atoms with Gasteiger partial charge in [0.1, 0.15) is 11.7 Å². The monoisotopic (exact) mass is 175 g/mol. The van der Waals surface area contributed by atoms with Crippen molar-refractivity contribution in [3.05, 3.63) is 23.8 Å². The van der Waals surface area contributed by atoms with Crippen LogP contribution in [0.3, 0.4) is 0 Å². The molecule has 4 nitrogen and oxygen atoms in total. The minimum atomic E-state index is -0.633. The Bertz CT molecular complexity index is 350. The molecule has 1 aromatic rings. The first-order valence-corrected chi connectivity index (χ1v) is 3.87. The third-order valence-electron chi connectivity index (χ3n) is 1.65. The van der Waals surface area contributed by atoms with Crippen LogP contribution in [0, 0.1) is 24.2 Å². The van der Waals surface area contributed by atoms with E-state index in [1.54, 1.807) is 13.8 Å². The molecule has 1 aromatic heterocycles. The first kappa shape index (κ1) is 9.33. The van der Waals surface area contributed by atoms with Crippen molar-refractivity contribution >= 4 is 5.78 Å². The van der Waals surface area contributed by atoms with E-state index in [2.05, 4.69) is 9.97 Å². The van der Waals surface area contributed by atoms with Crippen LogP contribution >= 0.6 is 0 Å². The first-order valence-electron chi connectivity index (χ1n) is 3.87. The van der Waals surface area contributed by atoms with Gasteiger partial charge in [-0.15, -0.1) is 0 Å². The van der Waals surface area contributed by atoms with Crippen LogP contribution in [0.25, 0.3) is 0 Å². The van der Waals surface area contributed by atoms with E-state index in [9.17, 15) is 4.79 Å². The molecule has 0 aliphatic heterocycles. The van der Waals surface area contributed by atoms with Gasteiger partial charge in [-0.1, -0.05) is 0 Å². The summed E-state index contributed by atoms with van der Waals surface area (Å²) in [6.07, 6.45) is 2.89. The van der Waals surface area contributed by atoms with E-state index in [0.717, 1.165) is 0 Å². The van der Waals surface area contributed by atoms with Crippen molar-refractivity contribution in [3.63, 3.8) is 0 Å². The predicted molar refractivity (Wildman–Crippen MR) is 45.9 cm³/mol. The van der Waals surface area contributed by atoms with E-state index >= 15 is 0 Å². The fraction of sp³-hybridized carbons (Fsp3) is 0.333. The summed E-state index contributed by atoms with van der Waals surface area (Å²) >= 11 is 0. The van der Waals surface area contributed by atoms with Gasteiger partial charge in [0, 0.05) is 12.4 Å². The molecule has 1 atom stereocenters. The van der Waals surface area contributed by atoms with E-state index in [0.29, 0.717) is 11.4 Å².